The predicted molar refractivity (Wildman–Crippen MR) is 144 cm³/mol. The number of rotatable bonds is 13. The van der Waals surface area contributed by atoms with E-state index in [1.165, 1.54) is 23.9 Å². The number of Topliss-reactive ketones (excluding diaryl/α,β-unsaturated/α-hetero) is 1. The number of ketones is 1. The van der Waals surface area contributed by atoms with Gasteiger partial charge in [-0.1, -0.05) is 10.4 Å². The highest BCUT2D eigenvalue weighted by Crippen LogP contribution is 2.34. The maximum Gasteiger partial charge on any atom is 0.362 e. The minimum atomic E-state index is -4.93. The molecule has 4 rings (SSSR count). The Labute approximate surface area is 239 Å². The average molecular weight is 614 g/mol. The summed E-state index contributed by atoms with van der Waals surface area (Å²) in [4.78, 5) is 48.9. The van der Waals surface area contributed by atoms with Gasteiger partial charge in [0.25, 0.3) is 0 Å². The van der Waals surface area contributed by atoms with E-state index in [-0.39, 0.29) is 23.1 Å². The van der Waals surface area contributed by atoms with Gasteiger partial charge in [0.15, 0.2) is 16.6 Å². The standard InChI is InChI=1S/C22H31N9O8S2/c1-22(2,20(34)35)39-27-18(15-12-40-21(23)25-15)17(32)9-14-16(31(19(14)33)41(36,37)38)11-30-10-13(26-28-30)3-6-29-7-4-24-5-8-29/h10,12,14,16,24H,3-9,11H2,1-2H3,(H2,23,25)(H,34,35)(H,36,37,38)/b27-18-/t14-,16+/m0/s1. The first kappa shape index (κ1) is 30.4. The molecule has 19 heteroatoms. The zero-order chi connectivity index (χ0) is 29.9. The summed E-state index contributed by atoms with van der Waals surface area (Å²) in [6.07, 6.45) is 1.70. The van der Waals surface area contributed by atoms with Gasteiger partial charge >= 0.3 is 16.3 Å². The third-order valence-electron chi connectivity index (χ3n) is 6.72. The van der Waals surface area contributed by atoms with E-state index >= 15 is 0 Å². The molecule has 2 aromatic heterocycles. The monoisotopic (exact) mass is 613 g/mol. The van der Waals surface area contributed by atoms with Crippen molar-refractivity contribution in [2.75, 3.05) is 38.5 Å². The summed E-state index contributed by atoms with van der Waals surface area (Å²) in [7, 11) is -4.93. The number of nitrogens with two attached hydrogens (primary N) is 1. The van der Waals surface area contributed by atoms with E-state index in [1.807, 2.05) is 0 Å². The van der Waals surface area contributed by atoms with Crippen LogP contribution in [0.3, 0.4) is 0 Å². The van der Waals surface area contributed by atoms with Crippen LogP contribution in [0.25, 0.3) is 0 Å². The Balaban J connectivity index is 1.50. The molecule has 2 aliphatic rings. The molecule has 2 fully saturated rings. The molecular formula is C22H31N9O8S2. The lowest BCUT2D eigenvalue weighted by Crippen LogP contribution is -2.64. The molecule has 0 radical (unpaired) electrons. The lowest BCUT2D eigenvalue weighted by molar-refractivity contribution is -0.161. The lowest BCUT2D eigenvalue weighted by atomic mass is 9.84. The van der Waals surface area contributed by atoms with Crippen molar-refractivity contribution in [3.05, 3.63) is 23.0 Å². The maximum atomic E-state index is 13.3. The van der Waals surface area contributed by atoms with Crippen LogP contribution in [-0.2, 0) is 42.5 Å². The number of carboxylic acid groups (broad SMARTS) is 1. The zero-order valence-electron chi connectivity index (χ0n) is 22.3. The van der Waals surface area contributed by atoms with Crippen molar-refractivity contribution in [3.63, 3.8) is 0 Å². The first-order valence-electron chi connectivity index (χ1n) is 12.6. The first-order chi connectivity index (χ1) is 19.3. The third-order valence-corrected chi connectivity index (χ3v) is 8.34. The molecule has 2 saturated heterocycles. The van der Waals surface area contributed by atoms with E-state index in [0.717, 1.165) is 44.1 Å². The van der Waals surface area contributed by atoms with Gasteiger partial charge < -0.3 is 25.9 Å². The van der Waals surface area contributed by atoms with Crippen molar-refractivity contribution in [1.82, 2.24) is 34.5 Å². The highest BCUT2D eigenvalue weighted by Gasteiger charge is 2.54. The molecule has 41 heavy (non-hydrogen) atoms. The van der Waals surface area contributed by atoms with Crippen LogP contribution in [0.4, 0.5) is 5.13 Å². The number of amides is 1. The summed E-state index contributed by atoms with van der Waals surface area (Å²) in [5, 5.41) is 26.0. The molecule has 0 aromatic carbocycles. The number of carbonyl (C=O) groups excluding carboxylic acids is 2. The van der Waals surface area contributed by atoms with E-state index in [0.29, 0.717) is 16.4 Å². The van der Waals surface area contributed by atoms with Gasteiger partial charge in [0.05, 0.1) is 24.2 Å². The van der Waals surface area contributed by atoms with Crippen molar-refractivity contribution < 1.29 is 37.3 Å². The van der Waals surface area contributed by atoms with Crippen LogP contribution < -0.4 is 11.1 Å². The Bertz CT molecular complexity index is 1430. The van der Waals surface area contributed by atoms with Crippen LogP contribution in [0.1, 0.15) is 31.7 Å². The van der Waals surface area contributed by atoms with Gasteiger partial charge in [0.1, 0.15) is 5.69 Å². The Kier molecular flexibility index (Phi) is 9.02. The largest absolute Gasteiger partial charge is 0.478 e. The SMILES string of the molecule is CC(C)(O/N=C(\C(=O)C[C@@H]1C(=O)N(S(=O)(=O)O)[C@@H]1Cn1cc(CCN2CCNCC2)nn1)c1csc(N)n1)C(=O)O. The maximum absolute atomic E-state index is 13.3. The smallest absolute Gasteiger partial charge is 0.362 e. The van der Waals surface area contributed by atoms with Crippen molar-refractivity contribution in [2.45, 2.75) is 44.9 Å². The molecule has 224 valence electrons. The summed E-state index contributed by atoms with van der Waals surface area (Å²) >= 11 is 1.000. The Morgan fingerprint density at radius 1 is 1.32 bits per heavy atom. The van der Waals surface area contributed by atoms with Crippen LogP contribution in [-0.4, -0.2) is 115 Å². The normalized spacial score (nSPS) is 20.6. The van der Waals surface area contributed by atoms with Crippen molar-refractivity contribution in [1.29, 1.82) is 0 Å². The molecule has 2 atom stereocenters. The molecule has 0 spiro atoms. The van der Waals surface area contributed by atoms with Gasteiger partial charge in [0, 0.05) is 57.1 Å². The van der Waals surface area contributed by atoms with Crippen LogP contribution in [0.15, 0.2) is 16.7 Å². The molecule has 0 aliphatic carbocycles. The topological polar surface area (TPSA) is 236 Å². The molecule has 0 saturated carbocycles. The minimum absolute atomic E-state index is 0.000878. The Morgan fingerprint density at radius 3 is 2.63 bits per heavy atom. The Morgan fingerprint density at radius 2 is 2.02 bits per heavy atom. The number of nitrogens with zero attached hydrogens (tertiary/aromatic N) is 7. The number of piperazine rings is 1. The van der Waals surface area contributed by atoms with E-state index in [9.17, 15) is 32.5 Å². The second kappa shape index (κ2) is 12.1. The fourth-order valence-corrected chi connectivity index (χ4v) is 5.82. The summed E-state index contributed by atoms with van der Waals surface area (Å²) in [5.41, 5.74) is 4.16. The first-order valence-corrected chi connectivity index (χ1v) is 14.9. The predicted octanol–water partition coefficient (Wildman–Crippen LogP) is -1.36. The highest BCUT2D eigenvalue weighted by atomic mass is 32.2. The van der Waals surface area contributed by atoms with Gasteiger partial charge in [0.2, 0.25) is 11.5 Å². The van der Waals surface area contributed by atoms with Crippen LogP contribution in [0.2, 0.25) is 0 Å². The number of carboxylic acids is 1. The van der Waals surface area contributed by atoms with E-state index in [2.05, 4.69) is 30.7 Å². The number of hydrogen-bond acceptors (Lipinski definition) is 14. The van der Waals surface area contributed by atoms with Crippen LogP contribution in [0.5, 0.6) is 0 Å². The third kappa shape index (κ3) is 7.22. The molecule has 2 aliphatic heterocycles. The number of aromatic nitrogens is 4. The molecule has 0 unspecified atom stereocenters. The summed E-state index contributed by atoms with van der Waals surface area (Å²) in [5.74, 6) is -4.28. The molecule has 17 nitrogen and oxygen atoms in total. The van der Waals surface area contributed by atoms with Crippen LogP contribution in [0, 0.1) is 5.92 Å². The summed E-state index contributed by atoms with van der Waals surface area (Å²) in [6, 6.07) is -1.15. The van der Waals surface area contributed by atoms with Crippen molar-refractivity contribution in [2.24, 2.45) is 11.1 Å². The van der Waals surface area contributed by atoms with Crippen molar-refractivity contribution in [3.8, 4) is 0 Å². The number of β-lactam (4-membered cyclic amide) rings is 1. The van der Waals surface area contributed by atoms with Gasteiger partial charge in [-0.15, -0.1) is 16.4 Å². The zero-order valence-corrected chi connectivity index (χ0v) is 24.0. The average Bonchev–Trinajstić information content (AvgIpc) is 3.54. The summed E-state index contributed by atoms with van der Waals surface area (Å²) < 4.78 is 35.3. The molecule has 1 amide bonds. The summed E-state index contributed by atoms with van der Waals surface area (Å²) in [6.45, 7) is 6.68. The van der Waals surface area contributed by atoms with E-state index < -0.39 is 51.9 Å². The number of oxime groups is 1. The fraction of sp³-hybridized carbons (Fsp3) is 0.591. The number of anilines is 1. The van der Waals surface area contributed by atoms with E-state index in [1.54, 1.807) is 6.20 Å². The number of nitrogens with one attached hydrogen (secondary N) is 1. The molecule has 4 heterocycles. The number of hydrogen-bond donors (Lipinski definition) is 4. The number of thiazole rings is 1. The van der Waals surface area contributed by atoms with Crippen LogP contribution >= 0.6 is 11.3 Å². The molecule has 0 bridgehead atoms. The second-order valence-electron chi connectivity index (χ2n) is 10.1. The van der Waals surface area contributed by atoms with Gasteiger partial charge in [-0.05, 0) is 13.8 Å². The number of carbonyl (C=O) groups is 3. The molecular weight excluding hydrogens is 582 g/mol. The highest BCUT2D eigenvalue weighted by molar-refractivity contribution is 7.84. The van der Waals surface area contributed by atoms with Gasteiger partial charge in [-0.3, -0.25) is 18.8 Å². The second-order valence-corrected chi connectivity index (χ2v) is 12.3. The number of nitrogen functional groups attached to an aromatic ring is 1. The Hall–Kier alpha value is -3.52. The quantitative estimate of drug-likeness (QED) is 0.0884. The number of aliphatic carboxylic acids is 1. The fourth-order valence-electron chi connectivity index (χ4n) is 4.36. The van der Waals surface area contributed by atoms with Gasteiger partial charge in [-0.25, -0.2) is 14.1 Å². The van der Waals surface area contributed by atoms with Gasteiger partial charge in [-0.2, -0.15) is 8.42 Å². The molecule has 2 aromatic rings. The minimum Gasteiger partial charge on any atom is -0.478 e. The van der Waals surface area contributed by atoms with E-state index in [4.69, 9.17) is 10.6 Å². The lowest BCUT2D eigenvalue weighted by Gasteiger charge is -2.43. The molecule has 5 N–H and O–H groups in total. The van der Waals surface area contributed by atoms with Crippen molar-refractivity contribution >= 4 is 50.1 Å².